The van der Waals surface area contributed by atoms with Crippen molar-refractivity contribution in [3.05, 3.63) is 29.8 Å². The first-order chi connectivity index (χ1) is 10.7. The Labute approximate surface area is 138 Å². The summed E-state index contributed by atoms with van der Waals surface area (Å²) in [6.07, 6.45) is -0.762. The van der Waals surface area contributed by atoms with E-state index < -0.39 is 11.7 Å². The van der Waals surface area contributed by atoms with Crippen LogP contribution in [0.4, 0.5) is 10.5 Å². The first-order valence-electron chi connectivity index (χ1n) is 7.63. The number of carbonyl (C=O) groups is 1. The highest BCUT2D eigenvalue weighted by molar-refractivity contribution is 5.67. The van der Waals surface area contributed by atoms with E-state index >= 15 is 0 Å². The van der Waals surface area contributed by atoms with Crippen LogP contribution in [0.3, 0.4) is 0 Å². The van der Waals surface area contributed by atoms with Crippen molar-refractivity contribution in [2.75, 3.05) is 19.5 Å². The first kappa shape index (κ1) is 19.3. The number of rotatable bonds is 7. The van der Waals surface area contributed by atoms with E-state index in [1.54, 1.807) is 14.2 Å². The van der Waals surface area contributed by atoms with Crippen LogP contribution in [0.25, 0.3) is 0 Å². The average molecular weight is 324 g/mol. The summed E-state index contributed by atoms with van der Waals surface area (Å²) in [5.41, 5.74) is 1.40. The lowest BCUT2D eigenvalue weighted by atomic mass is 10.2. The molecule has 1 aromatic rings. The Morgan fingerprint density at radius 3 is 2.43 bits per heavy atom. The van der Waals surface area contributed by atoms with Gasteiger partial charge in [-0.1, -0.05) is 12.1 Å². The molecule has 1 rings (SSSR count). The van der Waals surface area contributed by atoms with Crippen LogP contribution in [0.5, 0.6) is 0 Å². The quantitative estimate of drug-likeness (QED) is 0.754. The minimum atomic E-state index is -0.502. The molecule has 0 heterocycles. The molecule has 0 fully saturated rings. The number of anilines is 1. The van der Waals surface area contributed by atoms with Gasteiger partial charge in [-0.2, -0.15) is 0 Å². The second kappa shape index (κ2) is 8.74. The highest BCUT2D eigenvalue weighted by atomic mass is 16.7. The molecule has 1 unspecified atom stereocenters. The minimum Gasteiger partial charge on any atom is -0.444 e. The molecule has 23 heavy (non-hydrogen) atoms. The number of amides is 1. The number of benzene rings is 1. The summed E-state index contributed by atoms with van der Waals surface area (Å²) in [5, 5.41) is 6.06. The molecule has 0 saturated heterocycles. The van der Waals surface area contributed by atoms with Gasteiger partial charge in [0.2, 0.25) is 0 Å². The van der Waals surface area contributed by atoms with E-state index in [9.17, 15) is 4.79 Å². The second-order valence-corrected chi connectivity index (χ2v) is 6.33. The maximum absolute atomic E-state index is 11.7. The standard InChI is InChI=1S/C17H28N2O4/c1-12(15(21-5)22-6)19-14-9-7-8-13(10-14)11-18-16(20)23-17(2,3)4/h7-10,12,15,19H,11H2,1-6H3,(H,18,20). The average Bonchev–Trinajstić information content (AvgIpc) is 2.45. The van der Waals surface area contributed by atoms with Crippen LogP contribution >= 0.6 is 0 Å². The third kappa shape index (κ3) is 7.34. The Hall–Kier alpha value is -1.79. The number of hydrogen-bond donors (Lipinski definition) is 2. The Balaban J connectivity index is 2.58. The summed E-state index contributed by atoms with van der Waals surface area (Å²) in [7, 11) is 3.21. The Bertz CT molecular complexity index is 496. The van der Waals surface area contributed by atoms with E-state index in [1.165, 1.54) is 0 Å². The third-order valence-electron chi connectivity index (χ3n) is 3.03. The van der Waals surface area contributed by atoms with Gasteiger partial charge in [0.1, 0.15) is 5.60 Å². The second-order valence-electron chi connectivity index (χ2n) is 6.33. The van der Waals surface area contributed by atoms with Gasteiger partial charge in [-0.3, -0.25) is 0 Å². The van der Waals surface area contributed by atoms with Crippen LogP contribution in [-0.2, 0) is 20.8 Å². The molecule has 130 valence electrons. The molecule has 0 aliphatic heterocycles. The number of methoxy groups -OCH3 is 2. The largest absolute Gasteiger partial charge is 0.444 e. The van der Waals surface area contributed by atoms with Gasteiger partial charge >= 0.3 is 6.09 Å². The van der Waals surface area contributed by atoms with Crippen molar-refractivity contribution in [2.24, 2.45) is 0 Å². The first-order valence-corrected chi connectivity index (χ1v) is 7.63. The van der Waals surface area contributed by atoms with Crippen LogP contribution in [0.1, 0.15) is 33.3 Å². The van der Waals surface area contributed by atoms with Crippen LogP contribution in [0, 0.1) is 0 Å². The van der Waals surface area contributed by atoms with E-state index in [0.717, 1.165) is 11.3 Å². The van der Waals surface area contributed by atoms with Crippen molar-refractivity contribution < 1.29 is 19.0 Å². The Morgan fingerprint density at radius 1 is 1.22 bits per heavy atom. The summed E-state index contributed by atoms with van der Waals surface area (Å²) in [6.45, 7) is 7.88. The van der Waals surface area contributed by atoms with Gasteiger partial charge in [0.25, 0.3) is 0 Å². The number of alkyl carbamates (subject to hydrolysis) is 1. The molecule has 0 aliphatic rings. The Kier molecular flexibility index (Phi) is 7.32. The highest BCUT2D eigenvalue weighted by Crippen LogP contribution is 2.14. The normalized spacial score (nSPS) is 12.8. The van der Waals surface area contributed by atoms with Crippen molar-refractivity contribution in [2.45, 2.75) is 52.2 Å². The van der Waals surface area contributed by atoms with Gasteiger partial charge in [0.05, 0.1) is 6.04 Å². The maximum Gasteiger partial charge on any atom is 0.407 e. The Morgan fingerprint density at radius 2 is 1.87 bits per heavy atom. The zero-order valence-corrected chi connectivity index (χ0v) is 14.8. The fourth-order valence-electron chi connectivity index (χ4n) is 2.09. The highest BCUT2D eigenvalue weighted by Gasteiger charge is 2.17. The zero-order valence-electron chi connectivity index (χ0n) is 14.8. The van der Waals surface area contributed by atoms with Crippen LogP contribution in [-0.4, -0.2) is 38.2 Å². The fraction of sp³-hybridized carbons (Fsp3) is 0.588. The summed E-state index contributed by atoms with van der Waals surface area (Å²) >= 11 is 0. The zero-order chi connectivity index (χ0) is 17.5. The summed E-state index contributed by atoms with van der Waals surface area (Å²) < 4.78 is 15.7. The molecule has 1 aromatic carbocycles. The fourth-order valence-corrected chi connectivity index (χ4v) is 2.09. The van der Waals surface area contributed by atoms with Crippen molar-refractivity contribution in [3.8, 4) is 0 Å². The summed E-state index contributed by atoms with van der Waals surface area (Å²) in [5.74, 6) is 0. The molecule has 1 atom stereocenters. The van der Waals surface area contributed by atoms with Crippen molar-refractivity contribution in [1.29, 1.82) is 0 Å². The lowest BCUT2D eigenvalue weighted by Gasteiger charge is -2.23. The van der Waals surface area contributed by atoms with Crippen molar-refractivity contribution in [3.63, 3.8) is 0 Å². The molecule has 0 radical (unpaired) electrons. The van der Waals surface area contributed by atoms with E-state index in [-0.39, 0.29) is 12.3 Å². The van der Waals surface area contributed by atoms with Crippen LogP contribution in [0.15, 0.2) is 24.3 Å². The number of carbonyl (C=O) groups excluding carboxylic acids is 1. The molecule has 0 spiro atoms. The summed E-state index contributed by atoms with van der Waals surface area (Å²) in [4.78, 5) is 11.7. The predicted octanol–water partition coefficient (Wildman–Crippen LogP) is 3.13. The predicted molar refractivity (Wildman–Crippen MR) is 90.4 cm³/mol. The number of ether oxygens (including phenoxy) is 3. The molecule has 6 nitrogen and oxygen atoms in total. The van der Waals surface area contributed by atoms with E-state index in [4.69, 9.17) is 14.2 Å². The van der Waals surface area contributed by atoms with Gasteiger partial charge in [-0.15, -0.1) is 0 Å². The van der Waals surface area contributed by atoms with Crippen LogP contribution in [0.2, 0.25) is 0 Å². The molecule has 2 N–H and O–H groups in total. The molecule has 6 heteroatoms. The van der Waals surface area contributed by atoms with E-state index in [1.807, 2.05) is 52.0 Å². The molecule has 0 saturated carbocycles. The number of hydrogen-bond acceptors (Lipinski definition) is 5. The molecule has 1 amide bonds. The van der Waals surface area contributed by atoms with E-state index in [2.05, 4.69) is 10.6 Å². The summed E-state index contributed by atoms with van der Waals surface area (Å²) in [6, 6.07) is 7.78. The van der Waals surface area contributed by atoms with Crippen LogP contribution < -0.4 is 10.6 Å². The van der Waals surface area contributed by atoms with Crippen molar-refractivity contribution >= 4 is 11.8 Å². The van der Waals surface area contributed by atoms with Crippen molar-refractivity contribution in [1.82, 2.24) is 5.32 Å². The lowest BCUT2D eigenvalue weighted by Crippen LogP contribution is -2.34. The molecule has 0 aliphatic carbocycles. The maximum atomic E-state index is 11.7. The molecule has 0 aromatic heterocycles. The van der Waals surface area contributed by atoms with Gasteiger partial charge in [-0.25, -0.2) is 4.79 Å². The SMILES string of the molecule is COC(OC)C(C)Nc1cccc(CNC(=O)OC(C)(C)C)c1. The number of nitrogens with one attached hydrogen (secondary N) is 2. The lowest BCUT2D eigenvalue weighted by molar-refractivity contribution is -0.109. The molecular weight excluding hydrogens is 296 g/mol. The smallest absolute Gasteiger partial charge is 0.407 e. The minimum absolute atomic E-state index is 0.0148. The van der Waals surface area contributed by atoms with Gasteiger partial charge in [0.15, 0.2) is 6.29 Å². The third-order valence-corrected chi connectivity index (χ3v) is 3.03. The monoisotopic (exact) mass is 324 g/mol. The van der Waals surface area contributed by atoms with Gasteiger partial charge in [-0.05, 0) is 45.4 Å². The topological polar surface area (TPSA) is 68.8 Å². The van der Waals surface area contributed by atoms with E-state index in [0.29, 0.717) is 6.54 Å². The van der Waals surface area contributed by atoms with Gasteiger partial charge in [0, 0.05) is 26.5 Å². The molecular formula is C17H28N2O4. The molecule has 0 bridgehead atoms. The van der Waals surface area contributed by atoms with Gasteiger partial charge < -0.3 is 24.8 Å².